The molecule has 2 aromatic heterocycles. The minimum Gasteiger partial charge on any atom is -0.354 e. The average molecular weight is 311 g/mol. The van der Waals surface area contributed by atoms with Gasteiger partial charge in [-0.25, -0.2) is 9.97 Å². The molecule has 1 N–H and O–H groups in total. The summed E-state index contributed by atoms with van der Waals surface area (Å²) in [5.41, 5.74) is 2.87. The van der Waals surface area contributed by atoms with Gasteiger partial charge in [-0.3, -0.25) is 4.98 Å². The van der Waals surface area contributed by atoms with Crippen LogP contribution in [-0.4, -0.2) is 21.5 Å². The molecule has 0 aliphatic rings. The highest BCUT2D eigenvalue weighted by Gasteiger charge is 2.02. The van der Waals surface area contributed by atoms with E-state index in [1.54, 1.807) is 12.4 Å². The molecule has 0 saturated heterocycles. The van der Waals surface area contributed by atoms with Crippen LogP contribution >= 0.6 is 11.6 Å². The lowest BCUT2D eigenvalue weighted by Crippen LogP contribution is -2.08. The summed E-state index contributed by atoms with van der Waals surface area (Å²) in [6.07, 6.45) is 4.38. The second-order valence-corrected chi connectivity index (χ2v) is 5.22. The molecule has 0 spiro atoms. The van der Waals surface area contributed by atoms with Crippen LogP contribution in [0.3, 0.4) is 0 Å². The second kappa shape index (κ2) is 7.00. The van der Waals surface area contributed by atoms with E-state index in [4.69, 9.17) is 11.6 Å². The molecule has 0 fully saturated rings. The van der Waals surface area contributed by atoms with Crippen LogP contribution in [0.4, 0.5) is 5.95 Å². The molecule has 2 heterocycles. The van der Waals surface area contributed by atoms with Gasteiger partial charge in [-0.2, -0.15) is 0 Å². The normalized spacial score (nSPS) is 10.4. The van der Waals surface area contributed by atoms with Gasteiger partial charge in [-0.05, 0) is 42.3 Å². The smallest absolute Gasteiger partial charge is 0.223 e. The SMILES string of the molecule is Clc1ccc(CCNc2nccc(-c3ccccn3)n2)cc1. The van der Waals surface area contributed by atoms with Crippen LogP contribution < -0.4 is 5.32 Å². The Morgan fingerprint density at radius 3 is 2.50 bits per heavy atom. The molecule has 0 aliphatic heterocycles. The van der Waals surface area contributed by atoms with Gasteiger partial charge >= 0.3 is 0 Å². The number of halogens is 1. The fourth-order valence-corrected chi connectivity index (χ4v) is 2.20. The third kappa shape index (κ3) is 3.80. The van der Waals surface area contributed by atoms with Crippen molar-refractivity contribution in [1.29, 1.82) is 0 Å². The highest BCUT2D eigenvalue weighted by molar-refractivity contribution is 6.30. The summed E-state index contributed by atoms with van der Waals surface area (Å²) in [4.78, 5) is 13.0. The van der Waals surface area contributed by atoms with Gasteiger partial charge in [0.05, 0.1) is 11.4 Å². The molecule has 0 atom stereocenters. The van der Waals surface area contributed by atoms with Gasteiger partial charge in [-0.1, -0.05) is 29.8 Å². The van der Waals surface area contributed by atoms with Crippen LogP contribution in [0.5, 0.6) is 0 Å². The molecule has 0 radical (unpaired) electrons. The van der Waals surface area contributed by atoms with E-state index in [2.05, 4.69) is 20.3 Å². The molecule has 0 unspecified atom stereocenters. The number of rotatable bonds is 5. The molecule has 3 rings (SSSR count). The molecule has 4 nitrogen and oxygen atoms in total. The van der Waals surface area contributed by atoms with Crippen LogP contribution in [0.1, 0.15) is 5.56 Å². The highest BCUT2D eigenvalue weighted by atomic mass is 35.5. The zero-order chi connectivity index (χ0) is 15.2. The number of benzene rings is 1. The first kappa shape index (κ1) is 14.5. The van der Waals surface area contributed by atoms with E-state index in [1.807, 2.05) is 48.5 Å². The Balaban J connectivity index is 1.62. The molecule has 110 valence electrons. The van der Waals surface area contributed by atoms with Crippen molar-refractivity contribution in [2.45, 2.75) is 6.42 Å². The van der Waals surface area contributed by atoms with Crippen LogP contribution in [0.2, 0.25) is 5.02 Å². The van der Waals surface area contributed by atoms with Crippen molar-refractivity contribution in [3.63, 3.8) is 0 Å². The molecule has 0 saturated carbocycles. The number of pyridine rings is 1. The van der Waals surface area contributed by atoms with Crippen LogP contribution in [0.25, 0.3) is 11.4 Å². The van der Waals surface area contributed by atoms with Crippen molar-refractivity contribution < 1.29 is 0 Å². The Morgan fingerprint density at radius 2 is 1.73 bits per heavy atom. The molecule has 0 amide bonds. The number of hydrogen-bond acceptors (Lipinski definition) is 4. The Bertz CT molecular complexity index is 729. The predicted octanol–water partition coefficient (Wildman–Crippen LogP) is 3.85. The minimum atomic E-state index is 0.608. The van der Waals surface area contributed by atoms with Crippen LogP contribution in [0, 0.1) is 0 Å². The first-order valence-corrected chi connectivity index (χ1v) is 7.42. The van der Waals surface area contributed by atoms with Crippen molar-refractivity contribution in [2.24, 2.45) is 0 Å². The Labute approximate surface area is 134 Å². The summed E-state index contributed by atoms with van der Waals surface area (Å²) < 4.78 is 0. The minimum absolute atomic E-state index is 0.608. The fraction of sp³-hybridized carbons (Fsp3) is 0.118. The molecule has 22 heavy (non-hydrogen) atoms. The van der Waals surface area contributed by atoms with Gasteiger partial charge in [0, 0.05) is 24.0 Å². The topological polar surface area (TPSA) is 50.7 Å². The highest BCUT2D eigenvalue weighted by Crippen LogP contribution is 2.14. The quantitative estimate of drug-likeness (QED) is 0.777. The lowest BCUT2D eigenvalue weighted by atomic mass is 10.1. The summed E-state index contributed by atoms with van der Waals surface area (Å²) in [6.45, 7) is 0.757. The van der Waals surface area contributed by atoms with Crippen molar-refractivity contribution in [3.8, 4) is 11.4 Å². The molecule has 5 heteroatoms. The number of anilines is 1. The van der Waals surface area contributed by atoms with Crippen molar-refractivity contribution in [3.05, 3.63) is 71.5 Å². The van der Waals surface area contributed by atoms with E-state index in [9.17, 15) is 0 Å². The Morgan fingerprint density at radius 1 is 0.864 bits per heavy atom. The Kier molecular flexibility index (Phi) is 4.61. The first-order valence-electron chi connectivity index (χ1n) is 7.04. The maximum atomic E-state index is 5.88. The van der Waals surface area contributed by atoms with Crippen molar-refractivity contribution in [2.75, 3.05) is 11.9 Å². The van der Waals surface area contributed by atoms with Gasteiger partial charge in [0.2, 0.25) is 5.95 Å². The maximum absolute atomic E-state index is 5.88. The standard InChI is InChI=1S/C17H15ClN4/c18-14-6-4-13(5-7-14)8-11-20-17-21-12-9-16(22-17)15-3-1-2-10-19-15/h1-7,9-10,12H,8,11H2,(H,20,21,22). The summed E-state index contributed by atoms with van der Waals surface area (Å²) in [5, 5.41) is 3.99. The summed E-state index contributed by atoms with van der Waals surface area (Å²) in [6, 6.07) is 15.5. The van der Waals surface area contributed by atoms with E-state index < -0.39 is 0 Å². The zero-order valence-electron chi connectivity index (χ0n) is 11.9. The van der Waals surface area contributed by atoms with Crippen LogP contribution in [0.15, 0.2) is 60.9 Å². The van der Waals surface area contributed by atoms with Crippen LogP contribution in [-0.2, 0) is 6.42 Å². The maximum Gasteiger partial charge on any atom is 0.223 e. The lowest BCUT2D eigenvalue weighted by Gasteiger charge is -2.06. The first-order chi connectivity index (χ1) is 10.8. The van der Waals surface area contributed by atoms with Gasteiger partial charge in [0.25, 0.3) is 0 Å². The average Bonchev–Trinajstić information content (AvgIpc) is 2.58. The van der Waals surface area contributed by atoms with E-state index in [0.29, 0.717) is 5.95 Å². The Hall–Kier alpha value is -2.46. The molecular formula is C17H15ClN4. The predicted molar refractivity (Wildman–Crippen MR) is 88.9 cm³/mol. The van der Waals surface area contributed by atoms with E-state index >= 15 is 0 Å². The molecule has 0 aliphatic carbocycles. The molecule has 1 aromatic carbocycles. The zero-order valence-corrected chi connectivity index (χ0v) is 12.7. The molecule has 3 aromatic rings. The number of nitrogens with one attached hydrogen (secondary N) is 1. The number of nitrogens with zero attached hydrogens (tertiary/aromatic N) is 3. The van der Waals surface area contributed by atoms with Crippen molar-refractivity contribution in [1.82, 2.24) is 15.0 Å². The van der Waals surface area contributed by atoms with E-state index in [0.717, 1.165) is 29.4 Å². The molecule has 0 bridgehead atoms. The second-order valence-electron chi connectivity index (χ2n) is 4.78. The van der Waals surface area contributed by atoms with Gasteiger partial charge in [0.15, 0.2) is 0 Å². The van der Waals surface area contributed by atoms with Gasteiger partial charge < -0.3 is 5.32 Å². The van der Waals surface area contributed by atoms with Gasteiger partial charge in [-0.15, -0.1) is 0 Å². The third-order valence-electron chi connectivity index (χ3n) is 3.19. The summed E-state index contributed by atoms with van der Waals surface area (Å²) in [7, 11) is 0. The van der Waals surface area contributed by atoms with Crippen molar-refractivity contribution >= 4 is 17.5 Å². The van der Waals surface area contributed by atoms with E-state index in [-0.39, 0.29) is 0 Å². The lowest BCUT2D eigenvalue weighted by molar-refractivity contribution is 0.984. The number of hydrogen-bond donors (Lipinski definition) is 1. The summed E-state index contributed by atoms with van der Waals surface area (Å²) in [5.74, 6) is 0.608. The molecular weight excluding hydrogens is 296 g/mol. The third-order valence-corrected chi connectivity index (χ3v) is 3.44. The van der Waals surface area contributed by atoms with Gasteiger partial charge in [0.1, 0.15) is 0 Å². The fourth-order valence-electron chi connectivity index (χ4n) is 2.07. The summed E-state index contributed by atoms with van der Waals surface area (Å²) >= 11 is 5.88. The van der Waals surface area contributed by atoms with E-state index in [1.165, 1.54) is 5.56 Å². The number of aromatic nitrogens is 3. The monoisotopic (exact) mass is 310 g/mol. The largest absolute Gasteiger partial charge is 0.354 e.